The summed E-state index contributed by atoms with van der Waals surface area (Å²) in [6.07, 6.45) is 0.809. The molecule has 0 aliphatic rings. The van der Waals surface area contributed by atoms with E-state index in [0.29, 0.717) is 5.13 Å². The number of hydrogen-bond acceptors (Lipinski definition) is 3. The van der Waals surface area contributed by atoms with Gasteiger partial charge in [0.25, 0.3) is 5.91 Å². The topological polar surface area (TPSA) is 42.0 Å². The van der Waals surface area contributed by atoms with Crippen molar-refractivity contribution >= 4 is 38.3 Å². The van der Waals surface area contributed by atoms with Crippen LogP contribution in [0.15, 0.2) is 22.7 Å². The van der Waals surface area contributed by atoms with Crippen molar-refractivity contribution < 1.29 is 9.18 Å². The maximum atomic E-state index is 13.8. The van der Waals surface area contributed by atoms with Crippen LogP contribution in [0.2, 0.25) is 0 Å². The Kier molecular flexibility index (Phi) is 4.31. The predicted molar refractivity (Wildman–Crippen MR) is 78.3 cm³/mol. The second-order valence-corrected chi connectivity index (χ2v) is 5.99. The molecular weight excluding hydrogens is 331 g/mol. The Bertz CT molecular complexity index is 627. The number of aromatic nitrogens is 1. The highest BCUT2D eigenvalue weighted by atomic mass is 79.9. The number of anilines is 1. The molecule has 0 radical (unpaired) electrons. The molecule has 1 N–H and O–H groups in total. The zero-order valence-electron chi connectivity index (χ0n) is 10.5. The molecule has 1 heterocycles. The van der Waals surface area contributed by atoms with E-state index in [4.69, 9.17) is 0 Å². The normalized spacial score (nSPS) is 10.5. The number of thiazole rings is 1. The Labute approximate surface area is 123 Å². The van der Waals surface area contributed by atoms with Gasteiger partial charge in [0.05, 0.1) is 15.7 Å². The molecule has 19 heavy (non-hydrogen) atoms. The number of carbonyl (C=O) groups excluding carboxylic acids is 1. The van der Waals surface area contributed by atoms with Crippen molar-refractivity contribution in [3.05, 3.63) is 44.6 Å². The van der Waals surface area contributed by atoms with E-state index < -0.39 is 11.7 Å². The van der Waals surface area contributed by atoms with Gasteiger partial charge in [-0.05, 0) is 41.4 Å². The van der Waals surface area contributed by atoms with Crippen LogP contribution < -0.4 is 5.32 Å². The van der Waals surface area contributed by atoms with Gasteiger partial charge in [-0.3, -0.25) is 10.1 Å². The summed E-state index contributed by atoms with van der Waals surface area (Å²) in [5, 5.41) is 3.13. The van der Waals surface area contributed by atoms with Crippen molar-refractivity contribution in [3.8, 4) is 0 Å². The summed E-state index contributed by atoms with van der Waals surface area (Å²) < 4.78 is 14.0. The highest BCUT2D eigenvalue weighted by Gasteiger charge is 2.16. The minimum absolute atomic E-state index is 0.000256. The molecule has 0 saturated carbocycles. The van der Waals surface area contributed by atoms with Crippen molar-refractivity contribution in [2.45, 2.75) is 20.3 Å². The second kappa shape index (κ2) is 5.79. The Morgan fingerprint density at radius 2 is 2.26 bits per heavy atom. The van der Waals surface area contributed by atoms with E-state index in [0.717, 1.165) is 17.0 Å². The maximum Gasteiger partial charge on any atom is 0.260 e. The van der Waals surface area contributed by atoms with E-state index in [1.165, 1.54) is 17.4 Å². The molecule has 0 aliphatic heterocycles. The monoisotopic (exact) mass is 342 g/mol. The van der Waals surface area contributed by atoms with Crippen molar-refractivity contribution in [1.29, 1.82) is 0 Å². The molecule has 0 bridgehead atoms. The molecule has 1 aromatic carbocycles. The van der Waals surface area contributed by atoms with Crippen LogP contribution in [0.3, 0.4) is 0 Å². The SMILES string of the molecule is CCc1nc(NC(=O)c2cccc(Br)c2F)sc1C. The second-order valence-electron chi connectivity index (χ2n) is 3.93. The van der Waals surface area contributed by atoms with E-state index in [2.05, 4.69) is 26.2 Å². The van der Waals surface area contributed by atoms with Crippen molar-refractivity contribution in [1.82, 2.24) is 4.98 Å². The Morgan fingerprint density at radius 3 is 2.89 bits per heavy atom. The fraction of sp³-hybridized carbons (Fsp3) is 0.231. The lowest BCUT2D eigenvalue weighted by molar-refractivity contribution is 0.102. The van der Waals surface area contributed by atoms with E-state index >= 15 is 0 Å². The van der Waals surface area contributed by atoms with Gasteiger partial charge >= 0.3 is 0 Å². The third kappa shape index (κ3) is 3.01. The highest BCUT2D eigenvalue weighted by Crippen LogP contribution is 2.24. The van der Waals surface area contributed by atoms with Gasteiger partial charge in [-0.15, -0.1) is 11.3 Å². The largest absolute Gasteiger partial charge is 0.298 e. The van der Waals surface area contributed by atoms with Crippen LogP contribution in [-0.4, -0.2) is 10.9 Å². The third-order valence-electron chi connectivity index (χ3n) is 2.64. The van der Waals surface area contributed by atoms with E-state index in [1.54, 1.807) is 12.1 Å². The number of rotatable bonds is 3. The third-order valence-corrected chi connectivity index (χ3v) is 4.19. The minimum Gasteiger partial charge on any atom is -0.298 e. The zero-order chi connectivity index (χ0) is 14.0. The molecule has 6 heteroatoms. The lowest BCUT2D eigenvalue weighted by Crippen LogP contribution is -2.13. The Hall–Kier alpha value is -1.27. The van der Waals surface area contributed by atoms with Crippen molar-refractivity contribution in [2.75, 3.05) is 5.32 Å². The lowest BCUT2D eigenvalue weighted by atomic mass is 10.2. The average molecular weight is 343 g/mol. The smallest absolute Gasteiger partial charge is 0.260 e. The summed E-state index contributed by atoms with van der Waals surface area (Å²) in [6.45, 7) is 3.95. The average Bonchev–Trinajstić information content (AvgIpc) is 2.72. The lowest BCUT2D eigenvalue weighted by Gasteiger charge is -2.04. The first kappa shape index (κ1) is 14.1. The minimum atomic E-state index is -0.566. The Morgan fingerprint density at radius 1 is 1.53 bits per heavy atom. The van der Waals surface area contributed by atoms with Crippen LogP contribution in [0.25, 0.3) is 0 Å². The number of halogens is 2. The van der Waals surface area contributed by atoms with Crippen LogP contribution in [0.1, 0.15) is 27.9 Å². The molecule has 0 saturated heterocycles. The van der Waals surface area contributed by atoms with Crippen molar-refractivity contribution in [2.24, 2.45) is 0 Å². The summed E-state index contributed by atoms with van der Waals surface area (Å²) in [7, 11) is 0. The van der Waals surface area contributed by atoms with Crippen LogP contribution >= 0.6 is 27.3 Å². The number of carbonyl (C=O) groups is 1. The number of amides is 1. The number of nitrogens with one attached hydrogen (secondary N) is 1. The van der Waals surface area contributed by atoms with E-state index in [1.807, 2.05) is 13.8 Å². The first-order valence-electron chi connectivity index (χ1n) is 5.74. The number of benzene rings is 1. The molecule has 0 fully saturated rings. The first-order valence-corrected chi connectivity index (χ1v) is 7.35. The highest BCUT2D eigenvalue weighted by molar-refractivity contribution is 9.10. The molecular formula is C13H12BrFN2OS. The summed E-state index contributed by atoms with van der Waals surface area (Å²) in [4.78, 5) is 17.4. The molecule has 0 unspecified atom stereocenters. The molecule has 3 nitrogen and oxygen atoms in total. The zero-order valence-corrected chi connectivity index (χ0v) is 12.9. The van der Waals surface area contributed by atoms with Crippen LogP contribution in [0, 0.1) is 12.7 Å². The van der Waals surface area contributed by atoms with Gasteiger partial charge in [-0.25, -0.2) is 9.37 Å². The maximum absolute atomic E-state index is 13.8. The van der Waals surface area contributed by atoms with Gasteiger partial charge in [0.2, 0.25) is 0 Å². The van der Waals surface area contributed by atoms with Crippen molar-refractivity contribution in [3.63, 3.8) is 0 Å². The van der Waals surface area contributed by atoms with Crippen LogP contribution in [0.5, 0.6) is 0 Å². The van der Waals surface area contributed by atoms with Gasteiger partial charge < -0.3 is 0 Å². The fourth-order valence-corrected chi connectivity index (χ4v) is 2.92. The quantitative estimate of drug-likeness (QED) is 0.909. The van der Waals surface area contributed by atoms with Gasteiger partial charge in [-0.2, -0.15) is 0 Å². The predicted octanol–water partition coefficient (Wildman–Crippen LogP) is 4.17. The van der Waals surface area contributed by atoms with Gasteiger partial charge in [0.1, 0.15) is 5.82 Å². The van der Waals surface area contributed by atoms with E-state index in [-0.39, 0.29) is 10.0 Å². The van der Waals surface area contributed by atoms with Gasteiger partial charge in [-0.1, -0.05) is 13.0 Å². The van der Waals surface area contributed by atoms with Crippen LogP contribution in [0.4, 0.5) is 9.52 Å². The molecule has 1 amide bonds. The molecule has 0 spiro atoms. The first-order chi connectivity index (χ1) is 9.02. The summed E-state index contributed by atoms with van der Waals surface area (Å²) >= 11 is 4.45. The molecule has 2 rings (SSSR count). The fourth-order valence-electron chi connectivity index (χ4n) is 1.65. The summed E-state index contributed by atoms with van der Waals surface area (Å²) in [6, 6.07) is 4.61. The molecule has 0 aliphatic carbocycles. The summed E-state index contributed by atoms with van der Waals surface area (Å²) in [5.74, 6) is -1.06. The number of nitrogens with zero attached hydrogens (tertiary/aromatic N) is 1. The molecule has 1 aromatic heterocycles. The molecule has 100 valence electrons. The summed E-state index contributed by atoms with van der Waals surface area (Å²) in [5.41, 5.74) is 0.954. The molecule has 2 aromatic rings. The van der Waals surface area contributed by atoms with E-state index in [9.17, 15) is 9.18 Å². The molecule has 0 atom stereocenters. The Balaban J connectivity index is 2.23. The van der Waals surface area contributed by atoms with Gasteiger partial charge in [0.15, 0.2) is 5.13 Å². The van der Waals surface area contributed by atoms with Crippen LogP contribution in [-0.2, 0) is 6.42 Å². The standard InChI is InChI=1S/C13H12BrFN2OS/c1-3-10-7(2)19-13(16-10)17-12(18)8-5-4-6-9(14)11(8)15/h4-6H,3H2,1-2H3,(H,16,17,18). The van der Waals surface area contributed by atoms with Gasteiger partial charge in [0, 0.05) is 4.88 Å². The number of aryl methyl sites for hydroxylation is 2. The number of hydrogen-bond donors (Lipinski definition) is 1.